The standard InChI is InChI=1S/C22H37N5O4/c23-20-5-3-19(4-6-20)7-13-25-11-2-12-26(17-21(28)29)14-9-24-8-1-10-27(16-15-25)18-22(30)31/h3-6,24H,1-2,7-18,23H2,(H,28,29)(H,30,31). The lowest BCUT2D eigenvalue weighted by Crippen LogP contribution is -2.42. The van der Waals surface area contributed by atoms with E-state index in [0.717, 1.165) is 70.8 Å². The maximum atomic E-state index is 11.3. The fourth-order valence-corrected chi connectivity index (χ4v) is 3.82. The fraction of sp³-hybridized carbons (Fsp3) is 0.636. The molecule has 1 aliphatic rings. The number of rotatable bonds is 7. The zero-order valence-corrected chi connectivity index (χ0v) is 18.3. The summed E-state index contributed by atoms with van der Waals surface area (Å²) in [6, 6.07) is 7.89. The Morgan fingerprint density at radius 2 is 1.39 bits per heavy atom. The van der Waals surface area contributed by atoms with Crippen LogP contribution in [0.3, 0.4) is 0 Å². The van der Waals surface area contributed by atoms with E-state index in [4.69, 9.17) is 5.73 Å². The molecule has 2 rings (SSSR count). The van der Waals surface area contributed by atoms with Gasteiger partial charge in [-0.25, -0.2) is 0 Å². The van der Waals surface area contributed by atoms with Crippen molar-refractivity contribution in [1.82, 2.24) is 20.0 Å². The Labute approximate surface area is 184 Å². The van der Waals surface area contributed by atoms with Crippen molar-refractivity contribution in [3.8, 4) is 0 Å². The van der Waals surface area contributed by atoms with Gasteiger partial charge in [0, 0.05) is 45.0 Å². The highest BCUT2D eigenvalue weighted by molar-refractivity contribution is 5.69. The van der Waals surface area contributed by atoms with Crippen LogP contribution in [0.4, 0.5) is 5.69 Å². The third-order valence-corrected chi connectivity index (χ3v) is 5.53. The minimum Gasteiger partial charge on any atom is -0.480 e. The number of nitrogens with zero attached hydrogens (tertiary/aromatic N) is 3. The molecule has 174 valence electrons. The van der Waals surface area contributed by atoms with E-state index in [9.17, 15) is 19.8 Å². The molecule has 0 amide bonds. The highest BCUT2D eigenvalue weighted by Crippen LogP contribution is 2.08. The van der Waals surface area contributed by atoms with Crippen LogP contribution in [0.1, 0.15) is 18.4 Å². The smallest absolute Gasteiger partial charge is 0.317 e. The van der Waals surface area contributed by atoms with Crippen LogP contribution in [0.15, 0.2) is 24.3 Å². The van der Waals surface area contributed by atoms with Gasteiger partial charge in [-0.15, -0.1) is 0 Å². The van der Waals surface area contributed by atoms with E-state index in [1.807, 2.05) is 34.1 Å². The van der Waals surface area contributed by atoms with E-state index >= 15 is 0 Å². The molecule has 0 bridgehead atoms. The second-order valence-electron chi connectivity index (χ2n) is 8.13. The van der Waals surface area contributed by atoms with E-state index in [1.54, 1.807) is 0 Å². The zero-order chi connectivity index (χ0) is 22.5. The molecular weight excluding hydrogens is 398 g/mol. The second-order valence-corrected chi connectivity index (χ2v) is 8.13. The Kier molecular flexibility index (Phi) is 11.3. The predicted octanol–water partition coefficient (Wildman–Crippen LogP) is 0.270. The van der Waals surface area contributed by atoms with Crippen molar-refractivity contribution < 1.29 is 19.8 Å². The van der Waals surface area contributed by atoms with Gasteiger partial charge < -0.3 is 26.2 Å². The van der Waals surface area contributed by atoms with Crippen molar-refractivity contribution in [2.24, 2.45) is 0 Å². The van der Waals surface area contributed by atoms with Gasteiger partial charge in [0.1, 0.15) is 0 Å². The van der Waals surface area contributed by atoms with Crippen molar-refractivity contribution in [2.75, 3.05) is 77.7 Å². The normalized spacial score (nSPS) is 19.0. The van der Waals surface area contributed by atoms with Crippen LogP contribution in [-0.4, -0.2) is 109 Å². The van der Waals surface area contributed by atoms with Gasteiger partial charge in [-0.3, -0.25) is 19.4 Å². The van der Waals surface area contributed by atoms with E-state index < -0.39 is 11.9 Å². The summed E-state index contributed by atoms with van der Waals surface area (Å²) in [5, 5.41) is 21.8. The number of nitrogens with two attached hydrogens (primary N) is 1. The number of hydrogen-bond acceptors (Lipinski definition) is 7. The van der Waals surface area contributed by atoms with Crippen LogP contribution in [-0.2, 0) is 16.0 Å². The van der Waals surface area contributed by atoms with Gasteiger partial charge in [-0.1, -0.05) is 12.1 Å². The van der Waals surface area contributed by atoms with Crippen LogP contribution in [0.5, 0.6) is 0 Å². The molecule has 1 fully saturated rings. The molecule has 0 spiro atoms. The molecule has 31 heavy (non-hydrogen) atoms. The summed E-state index contributed by atoms with van der Waals surface area (Å²) in [5.41, 5.74) is 7.74. The lowest BCUT2D eigenvalue weighted by Gasteiger charge is -2.29. The first kappa shape index (κ1) is 25.1. The molecule has 5 N–H and O–H groups in total. The number of hydrogen-bond donors (Lipinski definition) is 4. The van der Waals surface area contributed by atoms with Crippen LogP contribution >= 0.6 is 0 Å². The summed E-state index contributed by atoms with van der Waals surface area (Å²) in [4.78, 5) is 28.8. The summed E-state index contributed by atoms with van der Waals surface area (Å²) >= 11 is 0. The third kappa shape index (κ3) is 11.1. The Bertz CT molecular complexity index is 670. The molecule has 0 atom stereocenters. The molecule has 1 aromatic carbocycles. The Hall–Kier alpha value is -2.20. The van der Waals surface area contributed by atoms with E-state index in [-0.39, 0.29) is 13.1 Å². The lowest BCUT2D eigenvalue weighted by atomic mass is 10.1. The first-order chi connectivity index (χ1) is 14.9. The SMILES string of the molecule is Nc1ccc(CCN2CCCN(CC(=O)O)CCNCCCN(CC(=O)O)CC2)cc1. The van der Waals surface area contributed by atoms with Crippen LogP contribution < -0.4 is 11.1 Å². The first-order valence-corrected chi connectivity index (χ1v) is 11.1. The van der Waals surface area contributed by atoms with Crippen LogP contribution in [0.25, 0.3) is 0 Å². The molecule has 9 nitrogen and oxygen atoms in total. The largest absolute Gasteiger partial charge is 0.480 e. The van der Waals surface area contributed by atoms with E-state index in [2.05, 4.69) is 10.2 Å². The zero-order valence-electron chi connectivity index (χ0n) is 18.3. The number of aliphatic carboxylic acids is 2. The van der Waals surface area contributed by atoms with Gasteiger partial charge in [0.15, 0.2) is 0 Å². The minimum absolute atomic E-state index is 0.0538. The number of benzene rings is 1. The Balaban J connectivity index is 1.98. The Morgan fingerprint density at radius 3 is 2.06 bits per heavy atom. The summed E-state index contributed by atoms with van der Waals surface area (Å²) in [6.45, 7) is 6.97. The molecule has 0 saturated carbocycles. The molecule has 1 saturated heterocycles. The summed E-state index contributed by atoms with van der Waals surface area (Å²) in [6.07, 6.45) is 2.62. The quantitative estimate of drug-likeness (QED) is 0.447. The number of carboxylic acids is 2. The molecule has 0 radical (unpaired) electrons. The van der Waals surface area contributed by atoms with E-state index in [1.165, 1.54) is 5.56 Å². The van der Waals surface area contributed by atoms with Gasteiger partial charge in [-0.2, -0.15) is 0 Å². The van der Waals surface area contributed by atoms with Gasteiger partial charge in [-0.05, 0) is 56.6 Å². The van der Waals surface area contributed by atoms with Crippen molar-refractivity contribution >= 4 is 17.6 Å². The predicted molar refractivity (Wildman–Crippen MR) is 121 cm³/mol. The molecule has 0 aromatic heterocycles. The van der Waals surface area contributed by atoms with Crippen molar-refractivity contribution in [3.05, 3.63) is 29.8 Å². The van der Waals surface area contributed by atoms with Crippen LogP contribution in [0.2, 0.25) is 0 Å². The molecule has 0 unspecified atom stereocenters. The van der Waals surface area contributed by atoms with Crippen molar-refractivity contribution in [3.63, 3.8) is 0 Å². The molecule has 1 aliphatic heterocycles. The second kappa shape index (κ2) is 14.0. The number of carbonyl (C=O) groups is 2. The molecule has 9 heteroatoms. The molecular formula is C22H37N5O4. The van der Waals surface area contributed by atoms with Gasteiger partial charge in [0.05, 0.1) is 13.1 Å². The van der Waals surface area contributed by atoms with Crippen molar-refractivity contribution in [1.29, 1.82) is 0 Å². The Morgan fingerprint density at radius 1 is 0.806 bits per heavy atom. The molecule has 1 heterocycles. The first-order valence-electron chi connectivity index (χ1n) is 11.1. The van der Waals surface area contributed by atoms with Gasteiger partial charge in [0.2, 0.25) is 0 Å². The summed E-state index contributed by atoms with van der Waals surface area (Å²) in [7, 11) is 0. The minimum atomic E-state index is -0.800. The number of nitrogens with one attached hydrogen (secondary N) is 1. The van der Waals surface area contributed by atoms with Crippen LogP contribution in [0, 0.1) is 0 Å². The number of nitrogen functional groups attached to an aromatic ring is 1. The average Bonchev–Trinajstić information content (AvgIpc) is 2.71. The van der Waals surface area contributed by atoms with Gasteiger partial charge in [0.25, 0.3) is 0 Å². The lowest BCUT2D eigenvalue weighted by molar-refractivity contribution is -0.139. The number of carboxylic acid groups (broad SMARTS) is 2. The fourth-order valence-electron chi connectivity index (χ4n) is 3.82. The molecule has 1 aromatic rings. The average molecular weight is 436 g/mol. The molecule has 0 aliphatic carbocycles. The highest BCUT2D eigenvalue weighted by Gasteiger charge is 2.15. The topological polar surface area (TPSA) is 122 Å². The van der Waals surface area contributed by atoms with E-state index in [0.29, 0.717) is 13.1 Å². The maximum Gasteiger partial charge on any atom is 0.317 e. The van der Waals surface area contributed by atoms with Gasteiger partial charge >= 0.3 is 11.9 Å². The summed E-state index contributed by atoms with van der Waals surface area (Å²) < 4.78 is 0. The maximum absolute atomic E-state index is 11.3. The summed E-state index contributed by atoms with van der Waals surface area (Å²) in [5.74, 6) is -1.60. The monoisotopic (exact) mass is 435 g/mol. The third-order valence-electron chi connectivity index (χ3n) is 5.53. The van der Waals surface area contributed by atoms with Crippen molar-refractivity contribution in [2.45, 2.75) is 19.3 Å². The highest BCUT2D eigenvalue weighted by atomic mass is 16.4. The number of anilines is 1.